The van der Waals surface area contributed by atoms with Gasteiger partial charge in [0.15, 0.2) is 6.10 Å². The van der Waals surface area contributed by atoms with Gasteiger partial charge in [-0.3, -0.25) is 14.4 Å². The van der Waals surface area contributed by atoms with Gasteiger partial charge in [0.2, 0.25) is 11.8 Å². The highest BCUT2D eigenvalue weighted by Crippen LogP contribution is 2.14. The molecule has 0 saturated heterocycles. The topological polar surface area (TPSA) is 114 Å². The van der Waals surface area contributed by atoms with E-state index in [4.69, 9.17) is 4.74 Å². The van der Waals surface area contributed by atoms with Gasteiger partial charge >= 0.3 is 5.97 Å². The fourth-order valence-electron chi connectivity index (χ4n) is 2.41. The van der Waals surface area contributed by atoms with Crippen molar-refractivity contribution in [1.82, 2.24) is 5.32 Å². The molecule has 0 saturated carbocycles. The molecule has 3 N–H and O–H groups in total. The van der Waals surface area contributed by atoms with E-state index in [1.54, 1.807) is 48.5 Å². The minimum Gasteiger partial charge on any atom is -0.448 e. The zero-order valence-corrected chi connectivity index (χ0v) is 16.9. The van der Waals surface area contributed by atoms with Crippen molar-refractivity contribution in [2.24, 2.45) is 0 Å². The highest BCUT2D eigenvalue weighted by Gasteiger charge is 2.21. The van der Waals surface area contributed by atoms with E-state index in [0.29, 0.717) is 16.9 Å². The van der Waals surface area contributed by atoms with Crippen LogP contribution in [0.4, 0.5) is 11.4 Å². The van der Waals surface area contributed by atoms with Crippen LogP contribution in [0.3, 0.4) is 0 Å². The molecule has 3 amide bonds. The van der Waals surface area contributed by atoms with E-state index in [2.05, 4.69) is 16.0 Å². The van der Waals surface area contributed by atoms with Crippen LogP contribution in [0, 0.1) is 0 Å². The van der Waals surface area contributed by atoms with Crippen molar-refractivity contribution in [2.75, 3.05) is 10.6 Å². The molecule has 8 heteroatoms. The van der Waals surface area contributed by atoms with Crippen molar-refractivity contribution >= 4 is 41.1 Å². The van der Waals surface area contributed by atoms with Crippen LogP contribution in [-0.4, -0.2) is 29.8 Å². The number of carbonyl (C=O) groups excluding carboxylic acids is 4. The lowest BCUT2D eigenvalue weighted by Gasteiger charge is -2.15. The van der Waals surface area contributed by atoms with Gasteiger partial charge in [0.05, 0.1) is 0 Å². The van der Waals surface area contributed by atoms with E-state index in [1.807, 2.05) is 6.07 Å². The Morgan fingerprint density at radius 2 is 1.40 bits per heavy atom. The molecule has 30 heavy (non-hydrogen) atoms. The van der Waals surface area contributed by atoms with Crippen LogP contribution in [0.5, 0.6) is 0 Å². The number of hydrogen-bond donors (Lipinski definition) is 3. The smallest absolute Gasteiger partial charge is 0.355 e. The van der Waals surface area contributed by atoms with Crippen LogP contribution >= 0.6 is 0 Å². The summed E-state index contributed by atoms with van der Waals surface area (Å²) < 4.78 is 5.20. The van der Waals surface area contributed by atoms with Gasteiger partial charge in [-0.2, -0.15) is 0 Å². The highest BCUT2D eigenvalue weighted by molar-refractivity contribution is 6.00. The maximum absolute atomic E-state index is 12.5. The predicted molar refractivity (Wildman–Crippen MR) is 113 cm³/mol. The fourth-order valence-corrected chi connectivity index (χ4v) is 2.41. The molecule has 0 spiro atoms. The number of hydrogen-bond acceptors (Lipinski definition) is 5. The molecular weight excluding hydrogens is 386 g/mol. The first-order valence-electron chi connectivity index (χ1n) is 9.18. The van der Waals surface area contributed by atoms with Gasteiger partial charge in [-0.25, -0.2) is 4.79 Å². The van der Waals surface area contributed by atoms with E-state index >= 15 is 0 Å². The molecule has 0 aliphatic rings. The fraction of sp³-hybridized carbons (Fsp3) is 0.182. The highest BCUT2D eigenvalue weighted by atomic mass is 16.5. The Hall–Kier alpha value is -3.94. The van der Waals surface area contributed by atoms with Gasteiger partial charge in [0.25, 0.3) is 5.91 Å². The van der Waals surface area contributed by atoms with Crippen molar-refractivity contribution in [1.29, 1.82) is 0 Å². The normalized spacial score (nSPS) is 11.8. The van der Waals surface area contributed by atoms with Crippen molar-refractivity contribution in [3.05, 3.63) is 65.9 Å². The molecule has 2 aromatic rings. The number of anilines is 2. The van der Waals surface area contributed by atoms with Gasteiger partial charge in [-0.05, 0) is 42.8 Å². The first-order valence-corrected chi connectivity index (χ1v) is 9.18. The van der Waals surface area contributed by atoms with Crippen molar-refractivity contribution in [3.63, 3.8) is 0 Å². The summed E-state index contributed by atoms with van der Waals surface area (Å²) in [5, 5.41) is 7.67. The summed E-state index contributed by atoms with van der Waals surface area (Å²) in [5.74, 6) is -2.02. The number of carbonyl (C=O) groups is 4. The summed E-state index contributed by atoms with van der Waals surface area (Å²) in [4.78, 5) is 47.3. The third kappa shape index (κ3) is 7.23. The van der Waals surface area contributed by atoms with Gasteiger partial charge in [0.1, 0.15) is 5.70 Å². The summed E-state index contributed by atoms with van der Waals surface area (Å²) >= 11 is 0. The molecule has 0 aliphatic heterocycles. The second kappa shape index (κ2) is 10.6. The Bertz CT molecular complexity index is 952. The SMILES string of the molecule is CC(=O)N/C(=C/c1ccccc1)C(=O)OC(C)C(=O)Nc1ccc(NC(C)=O)cc1. The van der Waals surface area contributed by atoms with Crippen LogP contribution in [0.1, 0.15) is 26.3 Å². The Balaban J connectivity index is 2.02. The van der Waals surface area contributed by atoms with Gasteiger partial charge in [-0.15, -0.1) is 0 Å². The van der Waals surface area contributed by atoms with E-state index in [1.165, 1.54) is 26.8 Å². The Morgan fingerprint density at radius 1 is 0.833 bits per heavy atom. The summed E-state index contributed by atoms with van der Waals surface area (Å²) in [6.07, 6.45) is 0.357. The summed E-state index contributed by atoms with van der Waals surface area (Å²) in [7, 11) is 0. The first-order chi connectivity index (χ1) is 14.2. The van der Waals surface area contributed by atoms with Crippen molar-refractivity contribution in [3.8, 4) is 0 Å². The minimum absolute atomic E-state index is 0.0759. The van der Waals surface area contributed by atoms with E-state index in [9.17, 15) is 19.2 Å². The van der Waals surface area contributed by atoms with Crippen LogP contribution in [-0.2, 0) is 23.9 Å². The molecule has 1 atom stereocenters. The predicted octanol–water partition coefficient (Wildman–Crippen LogP) is 2.69. The molecule has 0 bridgehead atoms. The lowest BCUT2D eigenvalue weighted by molar-refractivity contribution is -0.149. The Morgan fingerprint density at radius 3 is 1.93 bits per heavy atom. The standard InChI is InChI=1S/C22H23N3O5/c1-14(21(28)25-19-11-9-18(10-12-19)23-15(2)26)30-22(29)20(24-16(3)27)13-17-7-5-4-6-8-17/h4-14H,1-3H3,(H,23,26)(H,24,27)(H,25,28)/b20-13+. The Kier molecular flexibility index (Phi) is 7.87. The molecule has 8 nitrogen and oxygen atoms in total. The maximum Gasteiger partial charge on any atom is 0.355 e. The number of rotatable bonds is 7. The quantitative estimate of drug-likeness (QED) is 0.481. The summed E-state index contributed by atoms with van der Waals surface area (Å²) in [5.41, 5.74) is 1.67. The summed E-state index contributed by atoms with van der Waals surface area (Å²) in [6.45, 7) is 4.09. The molecule has 156 valence electrons. The molecule has 0 heterocycles. The monoisotopic (exact) mass is 409 g/mol. The molecule has 0 aromatic heterocycles. The lowest BCUT2D eigenvalue weighted by atomic mass is 10.2. The number of nitrogens with one attached hydrogen (secondary N) is 3. The third-order valence-electron chi connectivity index (χ3n) is 3.77. The molecule has 0 fully saturated rings. The number of esters is 1. The van der Waals surface area contributed by atoms with E-state index in [-0.39, 0.29) is 11.6 Å². The largest absolute Gasteiger partial charge is 0.448 e. The van der Waals surface area contributed by atoms with E-state index < -0.39 is 23.9 Å². The maximum atomic E-state index is 12.5. The lowest BCUT2D eigenvalue weighted by Crippen LogP contribution is -2.33. The average Bonchev–Trinajstić information content (AvgIpc) is 2.69. The zero-order valence-electron chi connectivity index (χ0n) is 16.9. The Labute approximate surface area is 174 Å². The number of benzene rings is 2. The average molecular weight is 409 g/mol. The molecule has 2 aromatic carbocycles. The minimum atomic E-state index is -1.11. The zero-order chi connectivity index (χ0) is 22.1. The van der Waals surface area contributed by atoms with Crippen molar-refractivity contribution in [2.45, 2.75) is 26.9 Å². The molecule has 0 aliphatic carbocycles. The second-order valence-corrected chi connectivity index (χ2v) is 6.45. The third-order valence-corrected chi connectivity index (χ3v) is 3.77. The number of amides is 3. The second-order valence-electron chi connectivity index (χ2n) is 6.45. The van der Waals surface area contributed by atoms with Crippen LogP contribution in [0.25, 0.3) is 6.08 Å². The summed E-state index contributed by atoms with van der Waals surface area (Å²) in [6, 6.07) is 15.4. The number of ether oxygens (including phenoxy) is 1. The molecule has 1 unspecified atom stereocenters. The molecule has 0 radical (unpaired) electrons. The van der Waals surface area contributed by atoms with Gasteiger partial charge in [-0.1, -0.05) is 30.3 Å². The van der Waals surface area contributed by atoms with Crippen LogP contribution < -0.4 is 16.0 Å². The molecule has 2 rings (SSSR count). The van der Waals surface area contributed by atoms with Gasteiger partial charge in [0, 0.05) is 25.2 Å². The molecular formula is C22H23N3O5. The first kappa shape index (κ1) is 22.4. The van der Waals surface area contributed by atoms with E-state index in [0.717, 1.165) is 0 Å². The van der Waals surface area contributed by atoms with Crippen LogP contribution in [0.15, 0.2) is 60.3 Å². The van der Waals surface area contributed by atoms with Crippen LogP contribution in [0.2, 0.25) is 0 Å². The van der Waals surface area contributed by atoms with Crippen molar-refractivity contribution < 1.29 is 23.9 Å². The van der Waals surface area contributed by atoms with Gasteiger partial charge < -0.3 is 20.7 Å².